The van der Waals surface area contributed by atoms with Gasteiger partial charge in [0.15, 0.2) is 0 Å². The number of carbonyl (C=O) groups excluding carboxylic acids is 2. The summed E-state index contributed by atoms with van der Waals surface area (Å²) in [7, 11) is 1.74. The number of hydrogen-bond acceptors (Lipinski definition) is 3. The number of hydrogen-bond donors (Lipinski definition) is 2. The molecule has 1 aliphatic rings. The Labute approximate surface area is 83.6 Å². The second-order valence-electron chi connectivity index (χ2n) is 3.85. The van der Waals surface area contributed by atoms with Crippen molar-refractivity contribution >= 4 is 11.8 Å². The summed E-state index contributed by atoms with van der Waals surface area (Å²) in [6.07, 6.45) is 0.966. The predicted octanol–water partition coefficient (Wildman–Crippen LogP) is -0.929. The summed E-state index contributed by atoms with van der Waals surface area (Å²) in [5.41, 5.74) is 5.47. The van der Waals surface area contributed by atoms with E-state index in [0.29, 0.717) is 13.0 Å². The van der Waals surface area contributed by atoms with E-state index in [-0.39, 0.29) is 30.3 Å². The highest BCUT2D eigenvalue weighted by Crippen LogP contribution is 2.08. The van der Waals surface area contributed by atoms with E-state index in [0.717, 1.165) is 0 Å². The molecule has 1 aliphatic heterocycles. The van der Waals surface area contributed by atoms with Crippen molar-refractivity contribution in [2.75, 3.05) is 13.6 Å². The molecular formula is C9H17N3O2. The number of nitrogens with two attached hydrogens (primary N) is 1. The van der Waals surface area contributed by atoms with Gasteiger partial charge in [0.1, 0.15) is 6.04 Å². The lowest BCUT2D eigenvalue weighted by atomic mass is 10.2. The Bertz CT molecular complexity index is 240. The minimum Gasteiger partial charge on any atom is -0.344 e. The molecule has 0 spiro atoms. The molecule has 0 radical (unpaired) electrons. The Morgan fingerprint density at radius 2 is 2.43 bits per heavy atom. The molecule has 0 bridgehead atoms. The smallest absolute Gasteiger partial charge is 0.244 e. The average Bonchev–Trinajstić information content (AvgIpc) is 2.34. The van der Waals surface area contributed by atoms with Gasteiger partial charge in [0.2, 0.25) is 11.8 Å². The van der Waals surface area contributed by atoms with Crippen molar-refractivity contribution in [2.24, 2.45) is 5.73 Å². The van der Waals surface area contributed by atoms with Crippen molar-refractivity contribution in [1.29, 1.82) is 0 Å². The van der Waals surface area contributed by atoms with Crippen LogP contribution in [0.3, 0.4) is 0 Å². The number of likely N-dealkylation sites (tertiary alicyclic amines) is 1. The summed E-state index contributed by atoms with van der Waals surface area (Å²) in [5.74, 6) is -0.156. The van der Waals surface area contributed by atoms with E-state index >= 15 is 0 Å². The van der Waals surface area contributed by atoms with Gasteiger partial charge in [0.05, 0.1) is 0 Å². The molecule has 2 amide bonds. The van der Waals surface area contributed by atoms with Crippen LogP contribution in [-0.4, -0.2) is 42.4 Å². The van der Waals surface area contributed by atoms with Crippen LogP contribution in [0.25, 0.3) is 0 Å². The Morgan fingerprint density at radius 3 is 2.86 bits per heavy atom. The normalized spacial score (nSPS) is 23.8. The molecular weight excluding hydrogens is 182 g/mol. The van der Waals surface area contributed by atoms with Gasteiger partial charge in [-0.15, -0.1) is 0 Å². The van der Waals surface area contributed by atoms with Crippen molar-refractivity contribution in [3.8, 4) is 0 Å². The van der Waals surface area contributed by atoms with Gasteiger partial charge < -0.3 is 16.0 Å². The Morgan fingerprint density at radius 1 is 1.79 bits per heavy atom. The minimum absolute atomic E-state index is 0.0111. The van der Waals surface area contributed by atoms with Gasteiger partial charge in [-0.3, -0.25) is 9.59 Å². The molecule has 1 fully saturated rings. The summed E-state index contributed by atoms with van der Waals surface area (Å²) in [6.45, 7) is 2.48. The molecule has 0 aromatic carbocycles. The molecule has 1 saturated heterocycles. The van der Waals surface area contributed by atoms with Gasteiger partial charge >= 0.3 is 0 Å². The first-order valence-corrected chi connectivity index (χ1v) is 4.80. The van der Waals surface area contributed by atoms with Crippen molar-refractivity contribution < 1.29 is 9.59 Å². The summed E-state index contributed by atoms with van der Waals surface area (Å²) in [4.78, 5) is 24.3. The van der Waals surface area contributed by atoms with Gasteiger partial charge in [-0.1, -0.05) is 0 Å². The highest BCUT2D eigenvalue weighted by atomic mass is 16.2. The number of nitrogens with zero attached hydrogens (tertiary/aromatic N) is 1. The van der Waals surface area contributed by atoms with Gasteiger partial charge in [-0.05, 0) is 13.3 Å². The number of likely N-dealkylation sites (N-methyl/N-ethyl adjacent to an activating group) is 1. The van der Waals surface area contributed by atoms with Crippen molar-refractivity contribution in [2.45, 2.75) is 31.8 Å². The maximum Gasteiger partial charge on any atom is 0.244 e. The fraction of sp³-hybridized carbons (Fsp3) is 0.778. The lowest BCUT2D eigenvalue weighted by Gasteiger charge is -2.12. The quantitative estimate of drug-likeness (QED) is 0.616. The molecule has 14 heavy (non-hydrogen) atoms. The number of nitrogens with one attached hydrogen (secondary N) is 1. The second-order valence-corrected chi connectivity index (χ2v) is 3.85. The largest absolute Gasteiger partial charge is 0.344 e. The van der Waals surface area contributed by atoms with E-state index < -0.39 is 0 Å². The predicted molar refractivity (Wildman–Crippen MR) is 52.5 cm³/mol. The maximum atomic E-state index is 11.4. The Hall–Kier alpha value is -1.10. The molecule has 1 heterocycles. The Balaban J connectivity index is 2.38. The van der Waals surface area contributed by atoms with Crippen LogP contribution in [0.1, 0.15) is 19.8 Å². The number of carbonyl (C=O) groups is 2. The van der Waals surface area contributed by atoms with Gasteiger partial charge in [-0.2, -0.15) is 0 Å². The number of amides is 2. The highest BCUT2D eigenvalue weighted by Gasteiger charge is 2.29. The zero-order chi connectivity index (χ0) is 10.7. The van der Waals surface area contributed by atoms with Gasteiger partial charge in [-0.25, -0.2) is 0 Å². The third-order valence-electron chi connectivity index (χ3n) is 2.27. The zero-order valence-corrected chi connectivity index (χ0v) is 8.62. The van der Waals surface area contributed by atoms with Crippen molar-refractivity contribution in [3.05, 3.63) is 0 Å². The van der Waals surface area contributed by atoms with Crippen LogP contribution in [0, 0.1) is 0 Å². The molecule has 0 aromatic rings. The minimum atomic E-state index is -0.341. The van der Waals surface area contributed by atoms with Crippen molar-refractivity contribution in [1.82, 2.24) is 10.2 Å². The lowest BCUT2D eigenvalue weighted by Crippen LogP contribution is -2.42. The van der Waals surface area contributed by atoms with Crippen LogP contribution in [0.15, 0.2) is 0 Å². The molecule has 2 atom stereocenters. The maximum absolute atomic E-state index is 11.4. The second kappa shape index (κ2) is 4.41. The van der Waals surface area contributed by atoms with Crippen LogP contribution in [0.4, 0.5) is 0 Å². The number of rotatable bonds is 3. The molecule has 80 valence electrons. The fourth-order valence-electron chi connectivity index (χ4n) is 1.50. The van der Waals surface area contributed by atoms with Gasteiger partial charge in [0, 0.05) is 26.1 Å². The summed E-state index contributed by atoms with van der Waals surface area (Å²) >= 11 is 0. The molecule has 1 rings (SSSR count). The lowest BCUT2D eigenvalue weighted by molar-refractivity contribution is -0.131. The molecule has 0 aliphatic carbocycles. The zero-order valence-electron chi connectivity index (χ0n) is 8.62. The standard InChI is InChI=1S/C9H17N3O2/c1-6(10)5-8(13)11-7-3-4-12(2)9(7)14/h6-7H,3-5,10H2,1-2H3,(H,11,13). The Kier molecular flexibility index (Phi) is 3.46. The molecule has 5 heteroatoms. The van der Waals surface area contributed by atoms with E-state index in [1.54, 1.807) is 18.9 Å². The first-order chi connectivity index (χ1) is 6.50. The van der Waals surface area contributed by atoms with Crippen LogP contribution in [0.5, 0.6) is 0 Å². The molecule has 3 N–H and O–H groups in total. The van der Waals surface area contributed by atoms with Crippen LogP contribution >= 0.6 is 0 Å². The van der Waals surface area contributed by atoms with E-state index in [1.165, 1.54) is 0 Å². The summed E-state index contributed by atoms with van der Waals surface area (Å²) in [5, 5.41) is 2.68. The van der Waals surface area contributed by atoms with E-state index in [2.05, 4.69) is 5.32 Å². The summed E-state index contributed by atoms with van der Waals surface area (Å²) < 4.78 is 0. The SMILES string of the molecule is CC(N)CC(=O)NC1CCN(C)C1=O. The first-order valence-electron chi connectivity index (χ1n) is 4.80. The van der Waals surface area contributed by atoms with Crippen LogP contribution in [0.2, 0.25) is 0 Å². The van der Waals surface area contributed by atoms with Crippen molar-refractivity contribution in [3.63, 3.8) is 0 Å². The average molecular weight is 199 g/mol. The van der Waals surface area contributed by atoms with E-state index in [1.807, 2.05) is 0 Å². The molecule has 5 nitrogen and oxygen atoms in total. The molecule has 0 saturated carbocycles. The third kappa shape index (κ3) is 2.70. The van der Waals surface area contributed by atoms with E-state index in [4.69, 9.17) is 5.73 Å². The highest BCUT2D eigenvalue weighted by molar-refractivity contribution is 5.89. The third-order valence-corrected chi connectivity index (χ3v) is 2.27. The van der Waals surface area contributed by atoms with Crippen LogP contribution in [-0.2, 0) is 9.59 Å². The first kappa shape index (κ1) is 11.0. The van der Waals surface area contributed by atoms with Crippen LogP contribution < -0.4 is 11.1 Å². The monoisotopic (exact) mass is 199 g/mol. The molecule has 0 aromatic heterocycles. The molecule has 2 unspecified atom stereocenters. The van der Waals surface area contributed by atoms with Gasteiger partial charge in [0.25, 0.3) is 0 Å². The van der Waals surface area contributed by atoms with E-state index in [9.17, 15) is 9.59 Å². The summed E-state index contributed by atoms with van der Waals surface area (Å²) in [6, 6.07) is -0.504. The fourth-order valence-corrected chi connectivity index (χ4v) is 1.50. The topological polar surface area (TPSA) is 75.4 Å².